The van der Waals surface area contributed by atoms with E-state index in [-0.39, 0.29) is 11.9 Å². The normalized spacial score (nSPS) is 17.8. The van der Waals surface area contributed by atoms with Gasteiger partial charge in [0.25, 0.3) is 5.78 Å². The van der Waals surface area contributed by atoms with Gasteiger partial charge in [0.15, 0.2) is 0 Å². The number of fused-ring (bicyclic) bond motifs is 1. The van der Waals surface area contributed by atoms with E-state index in [4.69, 9.17) is 0 Å². The predicted octanol–water partition coefficient (Wildman–Crippen LogP) is 2.91. The van der Waals surface area contributed by atoms with Crippen molar-refractivity contribution in [2.75, 3.05) is 23.3 Å². The lowest BCUT2D eigenvalue weighted by atomic mass is 10.0. The smallest absolute Gasteiger partial charge is 0.254 e. The highest BCUT2D eigenvalue weighted by molar-refractivity contribution is 5.50. The molecule has 0 bridgehead atoms. The summed E-state index contributed by atoms with van der Waals surface area (Å²) in [4.78, 5) is 10.8. The van der Waals surface area contributed by atoms with Crippen LogP contribution in [0.3, 0.4) is 0 Å². The van der Waals surface area contributed by atoms with E-state index in [1.165, 1.54) is 12.4 Å². The van der Waals surface area contributed by atoms with Crippen molar-refractivity contribution in [1.82, 2.24) is 19.6 Å². The molecule has 0 saturated carbocycles. The Morgan fingerprint density at radius 3 is 3.04 bits per heavy atom. The Morgan fingerprint density at radius 2 is 2.20 bits per heavy atom. The second-order valence-corrected chi connectivity index (χ2v) is 6.34. The number of rotatable bonds is 4. The van der Waals surface area contributed by atoms with Crippen LogP contribution in [0.2, 0.25) is 0 Å². The number of hydrogen-bond acceptors (Lipinski definition) is 5. The molecule has 1 unspecified atom stereocenters. The van der Waals surface area contributed by atoms with Gasteiger partial charge in [-0.1, -0.05) is 19.1 Å². The highest BCUT2D eigenvalue weighted by Crippen LogP contribution is 2.24. The average Bonchev–Trinajstić information content (AvgIpc) is 3.11. The van der Waals surface area contributed by atoms with Crippen LogP contribution in [0.15, 0.2) is 36.7 Å². The van der Waals surface area contributed by atoms with E-state index in [2.05, 4.69) is 32.2 Å². The number of aromatic nitrogens is 4. The fourth-order valence-electron chi connectivity index (χ4n) is 3.38. The van der Waals surface area contributed by atoms with Crippen molar-refractivity contribution in [3.63, 3.8) is 0 Å². The van der Waals surface area contributed by atoms with Crippen LogP contribution in [0.25, 0.3) is 5.78 Å². The summed E-state index contributed by atoms with van der Waals surface area (Å²) in [6.07, 6.45) is 4.40. The number of anilines is 2. The molecule has 1 atom stereocenters. The predicted molar refractivity (Wildman–Crippen MR) is 95.4 cm³/mol. The summed E-state index contributed by atoms with van der Waals surface area (Å²) in [7, 11) is 0. The van der Waals surface area contributed by atoms with Gasteiger partial charge in [0.05, 0.1) is 5.69 Å². The van der Waals surface area contributed by atoms with Gasteiger partial charge in [0, 0.05) is 30.9 Å². The molecule has 0 radical (unpaired) electrons. The van der Waals surface area contributed by atoms with E-state index >= 15 is 0 Å². The molecule has 0 spiro atoms. The van der Waals surface area contributed by atoms with Gasteiger partial charge in [0.2, 0.25) is 0 Å². The highest BCUT2D eigenvalue weighted by Gasteiger charge is 2.22. The first-order chi connectivity index (χ1) is 12.2. The third-order valence-electron chi connectivity index (χ3n) is 4.63. The number of nitrogens with one attached hydrogen (secondary N) is 1. The fourth-order valence-corrected chi connectivity index (χ4v) is 3.38. The zero-order valence-corrected chi connectivity index (χ0v) is 14.2. The summed E-state index contributed by atoms with van der Waals surface area (Å²) in [5.41, 5.74) is 1.65. The van der Waals surface area contributed by atoms with Gasteiger partial charge in [-0.15, -0.1) is 0 Å². The van der Waals surface area contributed by atoms with E-state index in [1.54, 1.807) is 10.6 Å². The fraction of sp³-hybridized carbons (Fsp3) is 0.389. The first-order valence-electron chi connectivity index (χ1n) is 8.70. The van der Waals surface area contributed by atoms with Gasteiger partial charge in [-0.05, 0) is 31.4 Å². The molecule has 130 valence electrons. The number of halogens is 1. The summed E-state index contributed by atoms with van der Waals surface area (Å²) in [6, 6.07) is 9.20. The molecule has 6 nitrogen and oxygen atoms in total. The van der Waals surface area contributed by atoms with Crippen LogP contribution in [0.4, 0.5) is 15.9 Å². The maximum Gasteiger partial charge on any atom is 0.254 e. The lowest BCUT2D eigenvalue weighted by Gasteiger charge is -2.35. The quantitative estimate of drug-likeness (QED) is 0.791. The van der Waals surface area contributed by atoms with E-state index in [9.17, 15) is 4.39 Å². The summed E-state index contributed by atoms with van der Waals surface area (Å²) in [6.45, 7) is 3.69. The summed E-state index contributed by atoms with van der Waals surface area (Å²) < 4.78 is 15.8. The van der Waals surface area contributed by atoms with Crippen molar-refractivity contribution in [2.24, 2.45) is 0 Å². The Hall–Kier alpha value is -2.70. The van der Waals surface area contributed by atoms with Gasteiger partial charge in [0.1, 0.15) is 18.0 Å². The average molecular weight is 340 g/mol. The largest absolute Gasteiger partial charge is 0.367 e. The molecule has 1 saturated heterocycles. The number of hydrogen-bond donors (Lipinski definition) is 1. The topological polar surface area (TPSA) is 58.4 Å². The third-order valence-corrected chi connectivity index (χ3v) is 4.63. The van der Waals surface area contributed by atoms with E-state index in [1.807, 2.05) is 18.2 Å². The van der Waals surface area contributed by atoms with Crippen molar-refractivity contribution in [1.29, 1.82) is 0 Å². The van der Waals surface area contributed by atoms with Crippen LogP contribution in [0.5, 0.6) is 0 Å². The molecular formula is C18H21FN6. The van der Waals surface area contributed by atoms with Crippen LogP contribution >= 0.6 is 0 Å². The van der Waals surface area contributed by atoms with Crippen LogP contribution in [0, 0.1) is 5.82 Å². The molecule has 0 aliphatic carbocycles. The highest BCUT2D eigenvalue weighted by atomic mass is 19.1. The molecule has 3 aromatic rings. The van der Waals surface area contributed by atoms with Crippen LogP contribution < -0.4 is 10.2 Å². The molecule has 1 aliphatic heterocycles. The Balaban J connectivity index is 1.57. The Morgan fingerprint density at radius 1 is 1.32 bits per heavy atom. The van der Waals surface area contributed by atoms with Crippen molar-refractivity contribution in [3.8, 4) is 0 Å². The number of benzene rings is 1. The minimum absolute atomic E-state index is 0.168. The minimum atomic E-state index is -0.168. The van der Waals surface area contributed by atoms with E-state index < -0.39 is 0 Å². The molecule has 1 fully saturated rings. The molecule has 3 heterocycles. The molecule has 25 heavy (non-hydrogen) atoms. The molecule has 1 N–H and O–H groups in total. The molecule has 2 aromatic heterocycles. The van der Waals surface area contributed by atoms with Crippen LogP contribution in [0.1, 0.15) is 25.5 Å². The molecule has 1 aromatic carbocycles. The Kier molecular flexibility index (Phi) is 4.21. The number of piperidine rings is 1. The second kappa shape index (κ2) is 6.66. The lowest BCUT2D eigenvalue weighted by molar-refractivity contribution is 0.517. The standard InChI is InChI=1S/C18H21FN6/c1-2-13-10-17(25-18(23-13)20-12-21-25)22-14-6-5-9-24(11-14)16-8-4-3-7-15(16)19/h3-4,7-8,10,12,14,22H,2,5-6,9,11H2,1H3. The van der Waals surface area contributed by atoms with Crippen LogP contribution in [-0.4, -0.2) is 38.7 Å². The lowest BCUT2D eigenvalue weighted by Crippen LogP contribution is -2.42. The third kappa shape index (κ3) is 3.14. The van der Waals surface area contributed by atoms with Gasteiger partial charge < -0.3 is 10.2 Å². The van der Waals surface area contributed by atoms with Crippen molar-refractivity contribution in [3.05, 3.63) is 48.2 Å². The zero-order valence-electron chi connectivity index (χ0n) is 14.2. The van der Waals surface area contributed by atoms with Gasteiger partial charge in [-0.25, -0.2) is 9.37 Å². The maximum absolute atomic E-state index is 14.1. The van der Waals surface area contributed by atoms with Crippen LogP contribution in [-0.2, 0) is 6.42 Å². The Bertz CT molecular complexity index is 877. The van der Waals surface area contributed by atoms with Gasteiger partial charge >= 0.3 is 0 Å². The van der Waals surface area contributed by atoms with Gasteiger partial charge in [-0.3, -0.25) is 0 Å². The summed E-state index contributed by atoms with van der Waals surface area (Å²) in [5.74, 6) is 1.32. The summed E-state index contributed by atoms with van der Waals surface area (Å²) in [5, 5.41) is 7.82. The molecule has 7 heteroatoms. The van der Waals surface area contributed by atoms with Crippen molar-refractivity contribution >= 4 is 17.3 Å². The zero-order chi connectivity index (χ0) is 17.2. The number of nitrogens with zero attached hydrogens (tertiary/aromatic N) is 5. The monoisotopic (exact) mass is 340 g/mol. The molecule has 0 amide bonds. The second-order valence-electron chi connectivity index (χ2n) is 6.34. The van der Waals surface area contributed by atoms with E-state index in [0.29, 0.717) is 11.5 Å². The molecular weight excluding hydrogens is 319 g/mol. The SMILES string of the molecule is CCc1cc(NC2CCCN(c3ccccc3F)C2)n2ncnc2n1. The number of para-hydroxylation sites is 1. The first-order valence-corrected chi connectivity index (χ1v) is 8.70. The van der Waals surface area contributed by atoms with Crippen molar-refractivity contribution < 1.29 is 4.39 Å². The van der Waals surface area contributed by atoms with Gasteiger partial charge in [-0.2, -0.15) is 14.6 Å². The minimum Gasteiger partial charge on any atom is -0.367 e. The maximum atomic E-state index is 14.1. The molecule has 4 rings (SSSR count). The first kappa shape index (κ1) is 15.8. The molecule has 1 aliphatic rings. The summed E-state index contributed by atoms with van der Waals surface area (Å²) >= 11 is 0. The Labute approximate surface area is 145 Å². The number of aryl methyl sites for hydroxylation is 1. The van der Waals surface area contributed by atoms with Crippen molar-refractivity contribution in [2.45, 2.75) is 32.2 Å². The van der Waals surface area contributed by atoms with E-state index in [0.717, 1.165) is 43.9 Å².